The van der Waals surface area contributed by atoms with E-state index in [-0.39, 0.29) is 50.1 Å². The fourth-order valence-electron chi connectivity index (χ4n) is 6.59. The molecule has 360 valence electrons. The molecule has 2 saturated heterocycles. The van der Waals surface area contributed by atoms with Gasteiger partial charge in [0.15, 0.2) is 5.60 Å². The fourth-order valence-corrected chi connectivity index (χ4v) is 6.59. The van der Waals surface area contributed by atoms with Crippen LogP contribution in [-0.2, 0) is 28.6 Å². The minimum Gasteiger partial charge on any atom is -0.866 e. The molecule has 0 aromatic carbocycles. The number of fused-ring (bicyclic) bond motifs is 2. The Bertz CT molecular complexity index is 1660. The summed E-state index contributed by atoms with van der Waals surface area (Å²) in [4.78, 5) is 32.2. The minimum atomic E-state index is -5.74. The molecule has 10 nitrogen and oxygen atoms in total. The number of halogens is 16. The third kappa shape index (κ3) is 12.9. The first-order valence-electron chi connectivity index (χ1n) is 18.2. The number of carbonyl (C=O) groups excluding carboxylic acids is 3. The summed E-state index contributed by atoms with van der Waals surface area (Å²) in [6.45, 7) is 11.3. The van der Waals surface area contributed by atoms with E-state index in [1.165, 1.54) is 13.3 Å². The summed E-state index contributed by atoms with van der Waals surface area (Å²) in [5.74, 6) is -22.4. The number of ether oxygens (including phenoxy) is 3. The van der Waals surface area contributed by atoms with Crippen LogP contribution in [0.5, 0.6) is 0 Å². The van der Waals surface area contributed by atoms with E-state index in [1.54, 1.807) is 6.92 Å². The molecule has 0 bridgehead atoms. The average Bonchev–Trinajstić information content (AvgIpc) is 3.42. The van der Waals surface area contributed by atoms with Crippen molar-refractivity contribution in [3.8, 4) is 0 Å². The van der Waals surface area contributed by atoms with Gasteiger partial charge in [-0.1, -0.05) is 45.8 Å². The number of hydrogen-bond donors (Lipinski definition) is 3. The summed E-state index contributed by atoms with van der Waals surface area (Å²) >= 11 is 4.87. The monoisotopic (exact) mass is 962 g/mol. The van der Waals surface area contributed by atoms with Crippen LogP contribution >= 0.6 is 11.6 Å². The average molecular weight is 963 g/mol. The molecule has 0 radical (unpaired) electrons. The summed E-state index contributed by atoms with van der Waals surface area (Å²) in [5.41, 5.74) is -5.66. The van der Waals surface area contributed by atoms with Gasteiger partial charge in [0.05, 0.1) is 6.10 Å². The Kier molecular flexibility index (Phi) is 21.0. The normalized spacial score (nSPS) is 31.7. The van der Waals surface area contributed by atoms with Crippen LogP contribution in [0.4, 0.5) is 65.9 Å². The van der Waals surface area contributed by atoms with Gasteiger partial charge in [-0.15, -0.1) is 0 Å². The fraction of sp³-hybridized carbons (Fsp3) is 0.750. The SMILES string of the molecule is C=C(C)C(=O)Cl.C=C(C)C(=O)OC12CCCCC1OC(O)(C(F)(F)F)C2(F)F.CC1CCCCC1=O.OC12CCCCC1OC(O)(C(F)(F)F)C2(F)F.[Li+].[O-]C(=C(F)F)C(F)(F)F. The summed E-state index contributed by atoms with van der Waals surface area (Å²) < 4.78 is 200. The van der Waals surface area contributed by atoms with Crippen LogP contribution in [0.1, 0.15) is 97.8 Å². The molecule has 3 N–H and O–H groups in total. The van der Waals surface area contributed by atoms with E-state index in [0.29, 0.717) is 30.1 Å². The molecule has 5 aliphatic rings. The molecule has 27 heteroatoms. The van der Waals surface area contributed by atoms with Crippen molar-refractivity contribution in [3.05, 3.63) is 36.1 Å². The van der Waals surface area contributed by atoms with Gasteiger partial charge in [-0.25, -0.2) is 4.79 Å². The Morgan fingerprint density at radius 1 is 0.746 bits per heavy atom. The molecule has 0 aromatic rings. The molecule has 3 aliphatic carbocycles. The molecular weight excluding hydrogens is 920 g/mol. The Balaban J connectivity index is 0.000000827. The number of alkyl halides is 13. The summed E-state index contributed by atoms with van der Waals surface area (Å²) in [7, 11) is 0. The van der Waals surface area contributed by atoms with Crippen molar-refractivity contribution >= 4 is 28.6 Å². The zero-order valence-corrected chi connectivity index (χ0v) is 34.6. The van der Waals surface area contributed by atoms with Crippen LogP contribution in [0.2, 0.25) is 0 Å². The number of carbonyl (C=O) groups is 3. The van der Waals surface area contributed by atoms with Gasteiger partial charge in [0.2, 0.25) is 10.8 Å². The number of ketones is 1. The van der Waals surface area contributed by atoms with Gasteiger partial charge in [0.25, 0.3) is 6.08 Å². The first-order chi connectivity index (χ1) is 27.8. The van der Waals surface area contributed by atoms with Crippen molar-refractivity contribution in [2.75, 3.05) is 0 Å². The second kappa shape index (κ2) is 21.8. The van der Waals surface area contributed by atoms with Crippen molar-refractivity contribution in [2.24, 2.45) is 5.92 Å². The van der Waals surface area contributed by atoms with Gasteiger partial charge in [0.1, 0.15) is 11.9 Å². The molecule has 5 rings (SSSR count). The van der Waals surface area contributed by atoms with E-state index >= 15 is 0 Å². The number of Topliss-reactive ketones (excluding diaryl/α,β-unsaturated/α-hetero) is 1. The van der Waals surface area contributed by atoms with Gasteiger partial charge in [-0.2, -0.15) is 65.9 Å². The van der Waals surface area contributed by atoms with Crippen molar-refractivity contribution < 1.29 is 134 Å². The molecule has 7 atom stereocenters. The molecule has 0 spiro atoms. The predicted molar refractivity (Wildman–Crippen MR) is 181 cm³/mol. The Labute approximate surface area is 367 Å². The molecule has 2 aliphatic heterocycles. The van der Waals surface area contributed by atoms with Gasteiger partial charge in [-0.3, -0.25) is 9.59 Å². The third-order valence-corrected chi connectivity index (χ3v) is 10.5. The molecule has 5 fully saturated rings. The van der Waals surface area contributed by atoms with Crippen molar-refractivity contribution in [3.63, 3.8) is 0 Å². The minimum absolute atomic E-state index is 0. The first-order valence-corrected chi connectivity index (χ1v) is 18.6. The summed E-state index contributed by atoms with van der Waals surface area (Å²) in [6, 6.07) is 0. The van der Waals surface area contributed by atoms with E-state index in [0.717, 1.165) is 19.3 Å². The maximum atomic E-state index is 14.5. The first kappa shape index (κ1) is 60.5. The maximum absolute atomic E-state index is 14.5. The number of aliphatic hydroxyl groups is 3. The largest absolute Gasteiger partial charge is 1.00 e. The van der Waals surface area contributed by atoms with Crippen LogP contribution in [-0.4, -0.2) is 97.7 Å². The van der Waals surface area contributed by atoms with E-state index < -0.39 is 101 Å². The zero-order chi connectivity index (χ0) is 48.9. The van der Waals surface area contributed by atoms with Crippen molar-refractivity contribution in [1.82, 2.24) is 0 Å². The molecule has 0 aromatic heterocycles. The van der Waals surface area contributed by atoms with E-state index in [2.05, 4.69) is 22.6 Å². The predicted octanol–water partition coefficient (Wildman–Crippen LogP) is 5.39. The van der Waals surface area contributed by atoms with Crippen molar-refractivity contribution in [1.29, 1.82) is 0 Å². The van der Waals surface area contributed by atoms with Gasteiger partial charge >= 0.3 is 66.8 Å². The standard InChI is InChI=1S/C13H15F5O4.C9H11F5O3.C7H12O.C4H5ClO.C3HF5O.Li/c1-7(2)9(19)22-10-6-4-3-5-8(10)21-12(20,11(10,14)15)13(16,17)18;10-7(11)6(15)4-2-1-3-5(6)17-8(7,16)9(12,13)14;1-6-4-2-3-5-7(6)8;1-3(2)4(5)6;4-2(5)1(9)3(6,7)8;/h8,20H,1,3-6H2,2H3;5,15-16H,1-4H2;6H,2-5H2,1H3;1H2,2H3;9H;/q;;;;;+1/p-1. The molecule has 2 heterocycles. The molecule has 3 saturated carbocycles. The molecule has 0 amide bonds. The van der Waals surface area contributed by atoms with Crippen LogP contribution in [0.25, 0.3) is 0 Å². The second-order valence-electron chi connectivity index (χ2n) is 14.9. The maximum Gasteiger partial charge on any atom is 1.00 e. The third-order valence-electron chi connectivity index (χ3n) is 10.2. The molecule has 63 heavy (non-hydrogen) atoms. The van der Waals surface area contributed by atoms with E-state index in [1.807, 2.05) is 6.92 Å². The summed E-state index contributed by atoms with van der Waals surface area (Å²) in [6.07, 6.45) is -19.6. The number of allylic oxidation sites excluding steroid dienone is 2. The van der Waals surface area contributed by atoms with Crippen LogP contribution in [0.15, 0.2) is 36.1 Å². The van der Waals surface area contributed by atoms with E-state index in [9.17, 15) is 95.6 Å². The van der Waals surface area contributed by atoms with Gasteiger partial charge < -0.3 is 34.6 Å². The van der Waals surface area contributed by atoms with Crippen LogP contribution in [0, 0.1) is 5.92 Å². The molecular formula is C36H43ClF15LiO10. The smallest absolute Gasteiger partial charge is 0.866 e. The zero-order valence-electron chi connectivity index (χ0n) is 33.9. The second-order valence-corrected chi connectivity index (χ2v) is 15.2. The Morgan fingerprint density at radius 2 is 1.16 bits per heavy atom. The molecule has 7 unspecified atom stereocenters. The Hall–Kier alpha value is -2.53. The van der Waals surface area contributed by atoms with E-state index in [4.69, 9.17) is 21.4 Å². The van der Waals surface area contributed by atoms with Gasteiger partial charge in [-0.05, 0) is 70.4 Å². The Morgan fingerprint density at radius 3 is 1.49 bits per heavy atom. The van der Waals surface area contributed by atoms with Crippen LogP contribution in [0.3, 0.4) is 0 Å². The number of hydrogen-bond acceptors (Lipinski definition) is 10. The van der Waals surface area contributed by atoms with Crippen molar-refractivity contribution in [2.45, 2.75) is 163 Å². The van der Waals surface area contributed by atoms with Gasteiger partial charge in [0, 0.05) is 29.2 Å². The topological polar surface area (TPSA) is 163 Å². The van der Waals surface area contributed by atoms with Crippen LogP contribution < -0.4 is 24.0 Å². The summed E-state index contributed by atoms with van der Waals surface area (Å²) in [5, 5.41) is 37.1. The number of rotatable bonds is 3. The number of esters is 1. The quantitative estimate of drug-likeness (QED) is 0.0835.